The average molecular weight is 371 g/mol. The van der Waals surface area contributed by atoms with Gasteiger partial charge in [0.25, 0.3) is 5.91 Å². The van der Waals surface area contributed by atoms with E-state index < -0.39 is 0 Å². The van der Waals surface area contributed by atoms with Crippen molar-refractivity contribution in [2.45, 2.75) is 37.6 Å². The van der Waals surface area contributed by atoms with E-state index >= 15 is 0 Å². The Bertz CT molecular complexity index is 623. The zero-order chi connectivity index (χ0) is 15.4. The van der Waals surface area contributed by atoms with Crippen LogP contribution in [0.5, 0.6) is 0 Å². The molecule has 1 aromatic carbocycles. The molecule has 2 aromatic rings. The summed E-state index contributed by atoms with van der Waals surface area (Å²) in [6, 6.07) is 7.48. The fraction of sp³-hybridized carbons (Fsp3) is 0.412. The summed E-state index contributed by atoms with van der Waals surface area (Å²) >= 11 is 0. The van der Waals surface area contributed by atoms with E-state index in [9.17, 15) is 4.79 Å². The Morgan fingerprint density at radius 1 is 1.17 bits per heavy atom. The van der Waals surface area contributed by atoms with Crippen molar-refractivity contribution in [1.29, 1.82) is 0 Å². The lowest BCUT2D eigenvalue weighted by molar-refractivity contribution is 0.0937. The van der Waals surface area contributed by atoms with Crippen molar-refractivity contribution in [3.8, 4) is 5.69 Å². The van der Waals surface area contributed by atoms with Crippen molar-refractivity contribution in [2.75, 3.05) is 6.54 Å². The van der Waals surface area contributed by atoms with Gasteiger partial charge in [0, 0.05) is 35.7 Å². The van der Waals surface area contributed by atoms with E-state index in [2.05, 4.69) is 10.3 Å². The lowest BCUT2D eigenvalue weighted by atomic mass is 9.82. The smallest absolute Gasteiger partial charge is 0.251 e. The number of halogens is 2. The van der Waals surface area contributed by atoms with Crippen LogP contribution in [0.3, 0.4) is 0 Å². The van der Waals surface area contributed by atoms with Crippen molar-refractivity contribution in [3.05, 3.63) is 48.5 Å². The van der Waals surface area contributed by atoms with Crippen molar-refractivity contribution in [3.63, 3.8) is 0 Å². The van der Waals surface area contributed by atoms with E-state index in [1.165, 1.54) is 6.42 Å². The van der Waals surface area contributed by atoms with Gasteiger partial charge in [-0.25, -0.2) is 4.98 Å². The molecule has 0 bridgehead atoms. The summed E-state index contributed by atoms with van der Waals surface area (Å²) in [7, 11) is 0. The number of imidazole rings is 1. The molecule has 0 radical (unpaired) electrons. The highest BCUT2D eigenvalue weighted by molar-refractivity contribution is 5.94. The van der Waals surface area contributed by atoms with Gasteiger partial charge in [0.2, 0.25) is 0 Å². The summed E-state index contributed by atoms with van der Waals surface area (Å²) in [6.45, 7) is 0.551. The van der Waals surface area contributed by atoms with E-state index in [1.807, 2.05) is 35.0 Å². The molecular weight excluding hydrogens is 347 g/mol. The van der Waals surface area contributed by atoms with Gasteiger partial charge in [0.15, 0.2) is 0 Å². The summed E-state index contributed by atoms with van der Waals surface area (Å²) in [4.78, 5) is 16.3. The van der Waals surface area contributed by atoms with Crippen molar-refractivity contribution in [1.82, 2.24) is 14.9 Å². The maximum absolute atomic E-state index is 12.2. The van der Waals surface area contributed by atoms with Gasteiger partial charge in [-0.1, -0.05) is 19.3 Å². The van der Waals surface area contributed by atoms with E-state index in [1.54, 1.807) is 12.5 Å². The van der Waals surface area contributed by atoms with Crippen LogP contribution in [-0.4, -0.2) is 27.5 Å². The van der Waals surface area contributed by atoms with Gasteiger partial charge in [-0.15, -0.1) is 24.8 Å². The third-order valence-corrected chi connectivity index (χ3v) is 4.38. The molecule has 1 aromatic heterocycles. The molecule has 24 heavy (non-hydrogen) atoms. The Morgan fingerprint density at radius 3 is 2.42 bits per heavy atom. The number of carbonyl (C=O) groups excluding carboxylic acids is 1. The molecular formula is C17H24Cl2N4O. The average Bonchev–Trinajstić information content (AvgIpc) is 3.08. The predicted molar refractivity (Wildman–Crippen MR) is 100 cm³/mol. The van der Waals surface area contributed by atoms with Crippen molar-refractivity contribution >= 4 is 30.7 Å². The molecule has 1 fully saturated rings. The zero-order valence-electron chi connectivity index (χ0n) is 13.5. The molecule has 1 heterocycles. The van der Waals surface area contributed by atoms with Gasteiger partial charge in [-0.2, -0.15) is 0 Å². The number of hydrogen-bond acceptors (Lipinski definition) is 3. The summed E-state index contributed by atoms with van der Waals surface area (Å²) in [5.41, 5.74) is 7.76. The van der Waals surface area contributed by atoms with Crippen molar-refractivity contribution in [2.24, 2.45) is 5.73 Å². The second kappa shape index (κ2) is 9.06. The standard InChI is InChI=1S/C17H22N4O.2ClH/c18-17(8-2-1-3-9-17)12-20-16(22)14-4-6-15(7-5-14)21-11-10-19-13-21;;/h4-7,10-11,13H,1-3,8-9,12,18H2,(H,20,22);2*1H. The second-order valence-corrected chi connectivity index (χ2v) is 6.12. The van der Waals surface area contributed by atoms with E-state index in [4.69, 9.17) is 5.73 Å². The van der Waals surface area contributed by atoms with Crippen LogP contribution < -0.4 is 11.1 Å². The molecule has 1 aliphatic rings. The number of nitrogens with zero attached hydrogens (tertiary/aromatic N) is 2. The topological polar surface area (TPSA) is 72.9 Å². The number of hydrogen-bond donors (Lipinski definition) is 2. The first-order valence-electron chi connectivity index (χ1n) is 7.82. The van der Waals surface area contributed by atoms with Gasteiger partial charge in [-0.3, -0.25) is 4.79 Å². The van der Waals surface area contributed by atoms with Crippen LogP contribution in [0.25, 0.3) is 5.69 Å². The highest BCUT2D eigenvalue weighted by atomic mass is 35.5. The predicted octanol–water partition coefficient (Wildman–Crippen LogP) is 3.11. The SMILES string of the molecule is Cl.Cl.NC1(CNC(=O)c2ccc(-n3ccnc3)cc2)CCCCC1. The lowest BCUT2D eigenvalue weighted by Crippen LogP contribution is -2.51. The highest BCUT2D eigenvalue weighted by Crippen LogP contribution is 2.25. The highest BCUT2D eigenvalue weighted by Gasteiger charge is 2.27. The molecule has 0 unspecified atom stereocenters. The molecule has 0 spiro atoms. The summed E-state index contributed by atoms with van der Waals surface area (Å²) in [5.74, 6) is -0.0624. The monoisotopic (exact) mass is 370 g/mol. The van der Waals surface area contributed by atoms with E-state index in [-0.39, 0.29) is 36.3 Å². The zero-order valence-corrected chi connectivity index (χ0v) is 15.1. The van der Waals surface area contributed by atoms with Crippen LogP contribution in [0.15, 0.2) is 43.0 Å². The first kappa shape index (κ1) is 20.5. The number of rotatable bonds is 4. The van der Waals surface area contributed by atoms with E-state index in [0.29, 0.717) is 12.1 Å². The molecule has 3 N–H and O–H groups in total. The molecule has 0 atom stereocenters. The Kier molecular flexibility index (Phi) is 7.73. The largest absolute Gasteiger partial charge is 0.350 e. The molecule has 5 nitrogen and oxygen atoms in total. The summed E-state index contributed by atoms with van der Waals surface area (Å²) < 4.78 is 1.90. The van der Waals surface area contributed by atoms with Gasteiger partial charge >= 0.3 is 0 Å². The van der Waals surface area contributed by atoms with Gasteiger partial charge in [0.1, 0.15) is 0 Å². The Balaban J connectivity index is 0.00000144. The molecule has 132 valence electrons. The third-order valence-electron chi connectivity index (χ3n) is 4.38. The normalized spacial score (nSPS) is 15.7. The maximum atomic E-state index is 12.2. The Morgan fingerprint density at radius 2 is 1.83 bits per heavy atom. The van der Waals surface area contributed by atoms with Crippen LogP contribution in [0.4, 0.5) is 0 Å². The van der Waals surface area contributed by atoms with Crippen LogP contribution in [0.1, 0.15) is 42.5 Å². The number of benzene rings is 1. The van der Waals surface area contributed by atoms with Crippen LogP contribution >= 0.6 is 24.8 Å². The number of carbonyl (C=O) groups is 1. The van der Waals surface area contributed by atoms with Crippen LogP contribution in [0, 0.1) is 0 Å². The van der Waals surface area contributed by atoms with Crippen molar-refractivity contribution < 1.29 is 4.79 Å². The third kappa shape index (κ3) is 4.97. The summed E-state index contributed by atoms with van der Waals surface area (Å²) in [5, 5.41) is 2.98. The fourth-order valence-corrected chi connectivity index (χ4v) is 2.99. The van der Waals surface area contributed by atoms with Gasteiger partial charge < -0.3 is 15.6 Å². The minimum atomic E-state index is -0.231. The van der Waals surface area contributed by atoms with Crippen LogP contribution in [0.2, 0.25) is 0 Å². The minimum absolute atomic E-state index is 0. The molecule has 1 saturated carbocycles. The summed E-state index contributed by atoms with van der Waals surface area (Å²) in [6.07, 6.45) is 10.9. The van der Waals surface area contributed by atoms with Crippen LogP contribution in [-0.2, 0) is 0 Å². The molecule has 1 aliphatic carbocycles. The maximum Gasteiger partial charge on any atom is 0.251 e. The number of amides is 1. The Hall–Kier alpha value is -1.56. The molecule has 7 heteroatoms. The molecule has 0 saturated heterocycles. The number of nitrogens with two attached hydrogens (primary N) is 1. The number of aromatic nitrogens is 2. The Labute approximate surface area is 154 Å². The fourth-order valence-electron chi connectivity index (χ4n) is 2.99. The molecule has 3 rings (SSSR count). The minimum Gasteiger partial charge on any atom is -0.350 e. The first-order chi connectivity index (χ1) is 10.7. The van der Waals surface area contributed by atoms with Gasteiger partial charge in [-0.05, 0) is 37.1 Å². The molecule has 0 aliphatic heterocycles. The lowest BCUT2D eigenvalue weighted by Gasteiger charge is -2.33. The van der Waals surface area contributed by atoms with Gasteiger partial charge in [0.05, 0.1) is 6.33 Å². The van der Waals surface area contributed by atoms with E-state index in [0.717, 1.165) is 31.4 Å². The number of nitrogens with one attached hydrogen (secondary N) is 1. The second-order valence-electron chi connectivity index (χ2n) is 6.12. The quantitative estimate of drug-likeness (QED) is 0.868. The molecule has 1 amide bonds. The first-order valence-corrected chi connectivity index (χ1v) is 7.82.